The topological polar surface area (TPSA) is 99.3 Å². The molecule has 1 aliphatic heterocycles. The van der Waals surface area contributed by atoms with Gasteiger partial charge in [0.25, 0.3) is 5.56 Å². The number of nitrogens with two attached hydrogens (primary N) is 2. The van der Waals surface area contributed by atoms with Crippen molar-refractivity contribution in [1.29, 1.82) is 0 Å². The Morgan fingerprint density at radius 3 is 2.50 bits per heavy atom. The van der Waals surface area contributed by atoms with Gasteiger partial charge in [-0.05, 0) is 44.4 Å². The van der Waals surface area contributed by atoms with Crippen molar-refractivity contribution in [2.75, 3.05) is 23.8 Å². The van der Waals surface area contributed by atoms with Crippen molar-refractivity contribution in [1.82, 2.24) is 9.24 Å². The first-order valence-electron chi connectivity index (χ1n) is 9.01. The summed E-state index contributed by atoms with van der Waals surface area (Å²) < 4.78 is 16.7. The van der Waals surface area contributed by atoms with Gasteiger partial charge in [-0.25, -0.2) is 9.18 Å². The number of anilines is 1. The molecule has 1 aromatic carbocycles. The first-order chi connectivity index (χ1) is 12.3. The number of benzene rings is 1. The second kappa shape index (κ2) is 5.84. The van der Waals surface area contributed by atoms with E-state index in [1.54, 1.807) is 10.6 Å². The lowest BCUT2D eigenvalue weighted by Crippen LogP contribution is -2.44. The van der Waals surface area contributed by atoms with Crippen molar-refractivity contribution < 1.29 is 4.39 Å². The normalized spacial score (nSPS) is 24.4. The van der Waals surface area contributed by atoms with Crippen molar-refractivity contribution >= 4 is 16.6 Å². The number of rotatable bonds is 3. The average Bonchev–Trinajstić information content (AvgIpc) is 3.35. The third-order valence-electron chi connectivity index (χ3n) is 5.72. The number of nitrogen functional groups attached to an aromatic ring is 1. The highest BCUT2D eigenvalue weighted by Gasteiger charge is 2.36. The van der Waals surface area contributed by atoms with E-state index in [9.17, 15) is 14.0 Å². The van der Waals surface area contributed by atoms with Crippen molar-refractivity contribution in [3.05, 3.63) is 38.5 Å². The Bertz CT molecular complexity index is 992. The summed E-state index contributed by atoms with van der Waals surface area (Å²) in [7, 11) is 0. The zero-order valence-electron chi connectivity index (χ0n) is 15.0. The molecule has 1 saturated heterocycles. The summed E-state index contributed by atoms with van der Waals surface area (Å²) in [5.41, 5.74) is 7.17. The standard InChI is InChI=1S/C18H24FN5O2/c1-9-15(22-7-13(10(2)20)14(19)8-22)6-5-12-16(9)23(11-3-4-11)18(26)24(21)17(12)25/h5-6,10-11,13-14H,3-4,7-8,20-21H2,1-2H3/t10-,13-,14+/m1/s1. The first-order valence-corrected chi connectivity index (χ1v) is 9.01. The molecule has 4 rings (SSSR count). The highest BCUT2D eigenvalue weighted by Crippen LogP contribution is 2.38. The SMILES string of the molecule is Cc1c(N2C[C@H]([C@@H](C)N)[C@@H](F)C2)ccc2c(=O)n(N)c(=O)n(C3CC3)c12. The molecule has 0 spiro atoms. The van der Waals surface area contributed by atoms with Crippen LogP contribution in [0.1, 0.15) is 31.4 Å². The summed E-state index contributed by atoms with van der Waals surface area (Å²) >= 11 is 0. The summed E-state index contributed by atoms with van der Waals surface area (Å²) in [6.07, 6.45) is 0.785. The molecule has 8 heteroatoms. The molecule has 4 N–H and O–H groups in total. The quantitative estimate of drug-likeness (QED) is 0.782. The first kappa shape index (κ1) is 17.1. The molecule has 7 nitrogen and oxygen atoms in total. The van der Waals surface area contributed by atoms with Gasteiger partial charge in [0.1, 0.15) is 6.17 Å². The molecule has 1 aromatic heterocycles. The number of hydrogen-bond acceptors (Lipinski definition) is 5. The van der Waals surface area contributed by atoms with E-state index in [1.807, 2.05) is 24.8 Å². The molecule has 2 heterocycles. The van der Waals surface area contributed by atoms with Crippen LogP contribution in [0.3, 0.4) is 0 Å². The number of fused-ring (bicyclic) bond motifs is 1. The van der Waals surface area contributed by atoms with Gasteiger partial charge in [0, 0.05) is 36.8 Å². The fourth-order valence-corrected chi connectivity index (χ4v) is 4.10. The molecule has 3 atom stereocenters. The van der Waals surface area contributed by atoms with Crippen LogP contribution in [-0.2, 0) is 0 Å². The molecule has 1 saturated carbocycles. The lowest BCUT2D eigenvalue weighted by Gasteiger charge is -2.23. The van der Waals surface area contributed by atoms with E-state index in [2.05, 4.69) is 0 Å². The second-order valence-corrected chi connectivity index (χ2v) is 7.61. The number of aryl methyl sites for hydroxylation is 1. The van der Waals surface area contributed by atoms with E-state index in [0.29, 0.717) is 22.1 Å². The summed E-state index contributed by atoms with van der Waals surface area (Å²) in [5.74, 6) is 5.46. The van der Waals surface area contributed by atoms with E-state index in [1.165, 1.54) is 0 Å². The summed E-state index contributed by atoms with van der Waals surface area (Å²) in [5, 5.41) is 0.417. The van der Waals surface area contributed by atoms with Crippen LogP contribution >= 0.6 is 0 Å². The molecule has 2 aliphatic rings. The molecule has 2 fully saturated rings. The Labute approximate surface area is 150 Å². The van der Waals surface area contributed by atoms with Gasteiger partial charge >= 0.3 is 5.69 Å². The second-order valence-electron chi connectivity index (χ2n) is 7.61. The molecule has 1 aliphatic carbocycles. The minimum Gasteiger partial charge on any atom is -0.368 e. The summed E-state index contributed by atoms with van der Waals surface area (Å²) in [6, 6.07) is 3.34. The van der Waals surface area contributed by atoms with Crippen LogP contribution in [0.2, 0.25) is 0 Å². The van der Waals surface area contributed by atoms with E-state index < -0.39 is 17.4 Å². The number of aromatic nitrogens is 2. The van der Waals surface area contributed by atoms with Gasteiger partial charge in [0.05, 0.1) is 10.9 Å². The predicted molar refractivity (Wildman–Crippen MR) is 99.9 cm³/mol. The third-order valence-corrected chi connectivity index (χ3v) is 5.72. The van der Waals surface area contributed by atoms with Gasteiger partial charge in [-0.2, -0.15) is 4.68 Å². The maximum atomic E-state index is 14.4. The largest absolute Gasteiger partial charge is 0.368 e. The Morgan fingerprint density at radius 1 is 1.23 bits per heavy atom. The lowest BCUT2D eigenvalue weighted by molar-refractivity contribution is 0.259. The highest BCUT2D eigenvalue weighted by atomic mass is 19.1. The maximum absolute atomic E-state index is 14.4. The van der Waals surface area contributed by atoms with Crippen LogP contribution in [0.25, 0.3) is 10.9 Å². The molecule has 0 radical (unpaired) electrons. The Kier molecular flexibility index (Phi) is 3.83. The Balaban J connectivity index is 1.91. The van der Waals surface area contributed by atoms with Crippen molar-refractivity contribution in [3.63, 3.8) is 0 Å². The van der Waals surface area contributed by atoms with Crippen LogP contribution < -0.4 is 27.7 Å². The van der Waals surface area contributed by atoms with Gasteiger partial charge in [-0.15, -0.1) is 0 Å². The third kappa shape index (κ3) is 2.43. The minimum absolute atomic E-state index is 0.0682. The van der Waals surface area contributed by atoms with E-state index in [0.717, 1.165) is 24.1 Å². The molecule has 0 unspecified atom stereocenters. The number of halogens is 1. The fourth-order valence-electron chi connectivity index (χ4n) is 4.10. The van der Waals surface area contributed by atoms with Crippen LogP contribution in [-0.4, -0.2) is 34.5 Å². The molecule has 0 amide bonds. The van der Waals surface area contributed by atoms with Gasteiger partial charge in [-0.1, -0.05) is 0 Å². The number of hydrogen-bond donors (Lipinski definition) is 2. The monoisotopic (exact) mass is 361 g/mol. The van der Waals surface area contributed by atoms with Crippen LogP contribution in [0.5, 0.6) is 0 Å². The van der Waals surface area contributed by atoms with E-state index in [-0.39, 0.29) is 24.5 Å². The highest BCUT2D eigenvalue weighted by molar-refractivity contribution is 5.87. The summed E-state index contributed by atoms with van der Waals surface area (Å²) in [4.78, 5) is 27.0. The Morgan fingerprint density at radius 2 is 1.92 bits per heavy atom. The Hall–Kier alpha value is -2.35. The molecular formula is C18H24FN5O2. The zero-order valence-corrected chi connectivity index (χ0v) is 15.0. The van der Waals surface area contributed by atoms with Crippen LogP contribution in [0, 0.1) is 12.8 Å². The maximum Gasteiger partial charge on any atom is 0.350 e. The smallest absolute Gasteiger partial charge is 0.350 e. The predicted octanol–water partition coefficient (Wildman–Crippen LogP) is 0.642. The van der Waals surface area contributed by atoms with Gasteiger partial charge in [-0.3, -0.25) is 9.36 Å². The van der Waals surface area contributed by atoms with Crippen LogP contribution in [0.15, 0.2) is 21.7 Å². The molecule has 0 bridgehead atoms. The molecule has 2 aromatic rings. The van der Waals surface area contributed by atoms with Gasteiger partial charge in [0.2, 0.25) is 0 Å². The van der Waals surface area contributed by atoms with E-state index in [4.69, 9.17) is 11.6 Å². The lowest BCUT2D eigenvalue weighted by atomic mass is 10.00. The zero-order chi connectivity index (χ0) is 18.7. The van der Waals surface area contributed by atoms with Crippen molar-refractivity contribution in [3.8, 4) is 0 Å². The molecular weight excluding hydrogens is 337 g/mol. The average molecular weight is 361 g/mol. The van der Waals surface area contributed by atoms with Gasteiger partial charge in [0.15, 0.2) is 0 Å². The fraction of sp³-hybridized carbons (Fsp3) is 0.556. The van der Waals surface area contributed by atoms with Gasteiger partial charge < -0.3 is 16.5 Å². The number of nitrogens with zero attached hydrogens (tertiary/aromatic N) is 3. The molecule has 140 valence electrons. The minimum atomic E-state index is -0.993. The van der Waals surface area contributed by atoms with E-state index >= 15 is 0 Å². The summed E-state index contributed by atoms with van der Waals surface area (Å²) in [6.45, 7) is 4.48. The van der Waals surface area contributed by atoms with Crippen LogP contribution in [0.4, 0.5) is 10.1 Å². The number of alkyl halides is 1. The van der Waals surface area contributed by atoms with Crippen molar-refractivity contribution in [2.24, 2.45) is 11.7 Å². The molecule has 26 heavy (non-hydrogen) atoms. The van der Waals surface area contributed by atoms with Crippen molar-refractivity contribution in [2.45, 2.75) is 44.9 Å².